The summed E-state index contributed by atoms with van der Waals surface area (Å²) < 4.78 is 5.45. The number of nitrogens with zero attached hydrogens (tertiary/aromatic N) is 1. The largest absolute Gasteiger partial charge is 0.480 e. The molecule has 2 amide bonds. The number of carbonyl (C=O) groups is 3. The van der Waals surface area contributed by atoms with Gasteiger partial charge in [0, 0.05) is 5.92 Å². The fourth-order valence-corrected chi connectivity index (χ4v) is 4.19. The minimum absolute atomic E-state index is 0.0618. The molecule has 0 fully saturated rings. The van der Waals surface area contributed by atoms with Crippen LogP contribution >= 0.6 is 11.3 Å². The molecular weight excluding hydrogens is 418 g/mol. The van der Waals surface area contributed by atoms with Gasteiger partial charge in [-0.05, 0) is 29.2 Å². The van der Waals surface area contributed by atoms with Gasteiger partial charge < -0.3 is 15.2 Å². The fraction of sp³-hybridized carbons (Fsp3) is 0.182. The Morgan fingerprint density at radius 3 is 2.32 bits per heavy atom. The van der Waals surface area contributed by atoms with E-state index in [4.69, 9.17) is 9.84 Å². The van der Waals surface area contributed by atoms with Crippen LogP contribution in [0.1, 0.15) is 33.6 Å². The molecule has 0 radical (unpaired) electrons. The second-order valence-corrected chi connectivity index (χ2v) is 8.04. The van der Waals surface area contributed by atoms with E-state index in [2.05, 4.69) is 27.8 Å². The molecule has 0 spiro atoms. The zero-order valence-electron chi connectivity index (χ0n) is 16.5. The fourth-order valence-electron chi connectivity index (χ4n) is 3.49. The smallest absolute Gasteiger partial charge is 0.413 e. The monoisotopic (exact) mass is 437 g/mol. The number of fused-ring (bicyclic) bond motifs is 3. The van der Waals surface area contributed by atoms with Crippen LogP contribution in [-0.2, 0) is 9.53 Å². The number of hydrogen-bond donors (Lipinski definition) is 3. The van der Waals surface area contributed by atoms with Gasteiger partial charge in [0.1, 0.15) is 17.5 Å². The van der Waals surface area contributed by atoms with Gasteiger partial charge in [-0.3, -0.25) is 14.9 Å². The molecule has 1 aliphatic rings. The minimum Gasteiger partial charge on any atom is -0.480 e. The predicted molar refractivity (Wildman–Crippen MR) is 115 cm³/mol. The van der Waals surface area contributed by atoms with Gasteiger partial charge in [-0.15, -0.1) is 0 Å². The maximum atomic E-state index is 12.3. The lowest BCUT2D eigenvalue weighted by Crippen LogP contribution is -2.37. The first kappa shape index (κ1) is 20.5. The van der Waals surface area contributed by atoms with Crippen LogP contribution < -0.4 is 10.6 Å². The molecule has 0 saturated heterocycles. The standard InChI is InChI=1S/C22H19N3O5S/c1-12(20(27)28)24-19(26)18-10-23-21(31-18)25-22(29)30-11-17-15-8-4-2-6-13(15)14-7-3-5-9-16(14)17/h2-10,12,17H,11H2,1H3,(H,24,26)(H,27,28)(H,23,25,29)/t12-/m1/s1. The van der Waals surface area contributed by atoms with Crippen molar-refractivity contribution < 1.29 is 24.2 Å². The molecule has 0 unspecified atom stereocenters. The summed E-state index contributed by atoms with van der Waals surface area (Å²) in [6.07, 6.45) is 0.593. The molecule has 1 heterocycles. The molecule has 2 aromatic carbocycles. The molecular formula is C22H19N3O5S. The van der Waals surface area contributed by atoms with Crippen LogP contribution in [0.4, 0.5) is 9.93 Å². The van der Waals surface area contributed by atoms with Crippen LogP contribution in [0.5, 0.6) is 0 Å². The number of carboxylic acid groups (broad SMARTS) is 1. The van der Waals surface area contributed by atoms with Gasteiger partial charge in [-0.2, -0.15) is 0 Å². The first-order valence-corrected chi connectivity index (χ1v) is 10.4. The van der Waals surface area contributed by atoms with Crippen LogP contribution in [-0.4, -0.2) is 40.7 Å². The molecule has 9 heteroatoms. The molecule has 3 aromatic rings. The van der Waals surface area contributed by atoms with Crippen molar-refractivity contribution in [2.75, 3.05) is 11.9 Å². The third kappa shape index (κ3) is 4.26. The van der Waals surface area contributed by atoms with Gasteiger partial charge in [0.25, 0.3) is 5.91 Å². The third-order valence-electron chi connectivity index (χ3n) is 5.00. The molecule has 0 bridgehead atoms. The number of nitrogens with one attached hydrogen (secondary N) is 2. The number of aromatic nitrogens is 1. The van der Waals surface area contributed by atoms with E-state index in [0.29, 0.717) is 0 Å². The zero-order chi connectivity index (χ0) is 22.0. The summed E-state index contributed by atoms with van der Waals surface area (Å²) in [6.45, 7) is 1.52. The molecule has 1 aliphatic carbocycles. The van der Waals surface area contributed by atoms with Crippen molar-refractivity contribution in [2.24, 2.45) is 0 Å². The summed E-state index contributed by atoms with van der Waals surface area (Å²) in [6, 6.07) is 15.0. The molecule has 158 valence electrons. The zero-order valence-corrected chi connectivity index (χ0v) is 17.3. The molecule has 31 heavy (non-hydrogen) atoms. The first-order chi connectivity index (χ1) is 14.9. The molecule has 4 rings (SSSR count). The lowest BCUT2D eigenvalue weighted by Gasteiger charge is -2.14. The van der Waals surface area contributed by atoms with Crippen LogP contribution in [0.15, 0.2) is 54.7 Å². The van der Waals surface area contributed by atoms with Crippen LogP contribution in [0.25, 0.3) is 11.1 Å². The Morgan fingerprint density at radius 2 is 1.71 bits per heavy atom. The quantitative estimate of drug-likeness (QED) is 0.541. The lowest BCUT2D eigenvalue weighted by atomic mass is 9.98. The Balaban J connectivity index is 1.38. The van der Waals surface area contributed by atoms with E-state index in [9.17, 15) is 14.4 Å². The van der Waals surface area contributed by atoms with Crippen LogP contribution in [0.2, 0.25) is 0 Å². The number of hydrogen-bond acceptors (Lipinski definition) is 6. The number of amides is 2. The number of thiazole rings is 1. The first-order valence-electron chi connectivity index (χ1n) is 9.55. The van der Waals surface area contributed by atoms with Gasteiger partial charge in [0.15, 0.2) is 5.13 Å². The average Bonchev–Trinajstić information content (AvgIpc) is 3.35. The van der Waals surface area contributed by atoms with Crippen molar-refractivity contribution >= 4 is 34.4 Å². The molecule has 3 N–H and O–H groups in total. The van der Waals surface area contributed by atoms with E-state index in [1.54, 1.807) is 0 Å². The highest BCUT2D eigenvalue weighted by molar-refractivity contribution is 7.17. The summed E-state index contributed by atoms with van der Waals surface area (Å²) in [4.78, 5) is 39.4. The van der Waals surface area contributed by atoms with Crippen LogP contribution in [0.3, 0.4) is 0 Å². The van der Waals surface area contributed by atoms with Gasteiger partial charge in [-0.1, -0.05) is 59.9 Å². The van der Waals surface area contributed by atoms with E-state index in [-0.39, 0.29) is 22.5 Å². The van der Waals surface area contributed by atoms with Crippen LogP contribution in [0, 0.1) is 0 Å². The summed E-state index contributed by atoms with van der Waals surface area (Å²) in [7, 11) is 0. The SMILES string of the molecule is C[C@@H](NC(=O)c1cnc(NC(=O)OCC2c3ccccc3-c3ccccc32)s1)C(=O)O. The Hall–Kier alpha value is -3.72. The maximum Gasteiger partial charge on any atom is 0.413 e. The van der Waals surface area contributed by atoms with Crippen molar-refractivity contribution in [1.29, 1.82) is 0 Å². The summed E-state index contributed by atoms with van der Waals surface area (Å²) >= 11 is 0.930. The number of benzene rings is 2. The normalized spacial score (nSPS) is 13.1. The summed E-state index contributed by atoms with van der Waals surface area (Å²) in [5, 5.41) is 13.9. The number of carboxylic acids is 1. The Kier molecular flexibility index (Phi) is 5.68. The van der Waals surface area contributed by atoms with E-state index < -0.39 is 24.0 Å². The maximum absolute atomic E-state index is 12.3. The molecule has 1 aromatic heterocycles. The van der Waals surface area contributed by atoms with Crippen molar-refractivity contribution in [3.05, 3.63) is 70.7 Å². The van der Waals surface area contributed by atoms with Crippen molar-refractivity contribution in [3.63, 3.8) is 0 Å². The Bertz CT molecular complexity index is 1110. The molecule has 0 aliphatic heterocycles. The Labute approximate surface area is 181 Å². The summed E-state index contributed by atoms with van der Waals surface area (Å²) in [5.41, 5.74) is 4.49. The number of aliphatic carboxylic acids is 1. The van der Waals surface area contributed by atoms with Crippen molar-refractivity contribution in [2.45, 2.75) is 18.9 Å². The highest BCUT2D eigenvalue weighted by atomic mass is 32.1. The van der Waals surface area contributed by atoms with Gasteiger partial charge in [0.2, 0.25) is 0 Å². The third-order valence-corrected chi connectivity index (χ3v) is 5.91. The predicted octanol–water partition coefficient (Wildman–Crippen LogP) is 3.71. The minimum atomic E-state index is -1.14. The van der Waals surface area contributed by atoms with Gasteiger partial charge >= 0.3 is 12.1 Å². The van der Waals surface area contributed by atoms with E-state index in [1.165, 1.54) is 13.1 Å². The topological polar surface area (TPSA) is 118 Å². The number of anilines is 1. The number of ether oxygens (including phenoxy) is 1. The Morgan fingerprint density at radius 1 is 1.10 bits per heavy atom. The molecule has 1 atom stereocenters. The average molecular weight is 437 g/mol. The van der Waals surface area contributed by atoms with Gasteiger partial charge in [-0.25, -0.2) is 9.78 Å². The lowest BCUT2D eigenvalue weighted by molar-refractivity contribution is -0.138. The molecule has 8 nitrogen and oxygen atoms in total. The highest BCUT2D eigenvalue weighted by Crippen LogP contribution is 2.44. The van der Waals surface area contributed by atoms with Crippen molar-refractivity contribution in [3.8, 4) is 11.1 Å². The number of rotatable bonds is 6. The van der Waals surface area contributed by atoms with Crippen molar-refractivity contribution in [1.82, 2.24) is 10.3 Å². The summed E-state index contributed by atoms with van der Waals surface area (Å²) in [5.74, 6) is -1.78. The second-order valence-electron chi connectivity index (χ2n) is 7.01. The van der Waals surface area contributed by atoms with E-state index >= 15 is 0 Å². The second kappa shape index (κ2) is 8.57. The number of carbonyl (C=O) groups excluding carboxylic acids is 2. The van der Waals surface area contributed by atoms with Gasteiger partial charge in [0.05, 0.1) is 6.20 Å². The molecule has 0 saturated carbocycles. The van der Waals surface area contributed by atoms with E-state index in [1.807, 2.05) is 36.4 Å². The highest BCUT2D eigenvalue weighted by Gasteiger charge is 2.29. The van der Waals surface area contributed by atoms with E-state index in [0.717, 1.165) is 33.6 Å².